The zero-order chi connectivity index (χ0) is 37.8. The van der Waals surface area contributed by atoms with E-state index in [2.05, 4.69) is 124 Å². The van der Waals surface area contributed by atoms with Gasteiger partial charge >= 0.3 is 0 Å². The van der Waals surface area contributed by atoms with Gasteiger partial charge in [-0.05, 0) is 119 Å². The molecule has 276 valence electrons. The Morgan fingerprint density at radius 2 is 1.54 bits per heavy atom. The molecule has 54 heavy (non-hydrogen) atoms. The normalized spacial score (nSPS) is 16.5. The quantitative estimate of drug-likeness (QED) is 0.0877. The maximum atomic E-state index is 15.0. The second-order valence-electron chi connectivity index (χ2n) is 14.7. The Morgan fingerprint density at radius 3 is 2.28 bits per heavy atom. The molecule has 0 saturated heterocycles. The Bertz CT molecular complexity index is 2590. The van der Waals surface area contributed by atoms with Crippen molar-refractivity contribution in [1.82, 2.24) is 4.57 Å². The molecule has 1 atom stereocenters. The molecule has 0 bridgehead atoms. The summed E-state index contributed by atoms with van der Waals surface area (Å²) in [6, 6.07) is 32.5. The van der Waals surface area contributed by atoms with Crippen molar-refractivity contribution in [3.8, 4) is 5.75 Å². The molecule has 0 spiro atoms. The topological polar surface area (TPSA) is 48.3 Å². The number of ether oxygens (including phenoxy) is 1. The van der Waals surface area contributed by atoms with E-state index in [0.717, 1.165) is 71.7 Å². The second kappa shape index (κ2) is 16.1. The number of fused-ring (bicyclic) bond motifs is 1. The van der Waals surface area contributed by atoms with Crippen LogP contribution >= 0.6 is 0 Å². The van der Waals surface area contributed by atoms with Gasteiger partial charge in [0.05, 0.1) is 16.4 Å². The third-order valence-corrected chi connectivity index (χ3v) is 12.9. The molecule has 5 heteroatoms. The van der Waals surface area contributed by atoms with Gasteiger partial charge in [0.2, 0.25) is 9.84 Å². The van der Waals surface area contributed by atoms with E-state index < -0.39 is 9.84 Å². The molecule has 0 fully saturated rings. The molecule has 0 N–H and O–H groups in total. The van der Waals surface area contributed by atoms with Gasteiger partial charge in [-0.25, -0.2) is 8.42 Å². The number of sulfone groups is 1. The van der Waals surface area contributed by atoms with Crippen LogP contribution < -0.4 is 10.1 Å². The zero-order valence-corrected chi connectivity index (χ0v) is 32.9. The molecule has 0 radical (unpaired) electrons. The second-order valence-corrected chi connectivity index (χ2v) is 16.6. The van der Waals surface area contributed by atoms with Crippen molar-refractivity contribution in [1.29, 1.82) is 0 Å². The van der Waals surface area contributed by atoms with Crippen LogP contribution in [0.3, 0.4) is 0 Å². The Hall–Kier alpha value is -5.13. The third-order valence-electron chi connectivity index (χ3n) is 10.9. The third kappa shape index (κ3) is 7.22. The number of aromatic nitrogens is 1. The average Bonchev–Trinajstić information content (AvgIpc) is 3.49. The van der Waals surface area contributed by atoms with E-state index in [1.165, 1.54) is 32.6 Å². The fraction of sp³-hybridized carbons (Fsp3) is 0.265. The maximum Gasteiger partial charge on any atom is 0.207 e. The van der Waals surface area contributed by atoms with Crippen LogP contribution in [0, 0.1) is 12.8 Å². The summed E-state index contributed by atoms with van der Waals surface area (Å²) in [6.07, 6.45) is 13.9. The number of benzene rings is 5. The number of hydrogen-bond acceptors (Lipinski definition) is 3. The molecule has 1 aliphatic rings. The van der Waals surface area contributed by atoms with Crippen molar-refractivity contribution in [3.63, 3.8) is 0 Å². The maximum absolute atomic E-state index is 15.0. The predicted molar refractivity (Wildman–Crippen MR) is 228 cm³/mol. The lowest BCUT2D eigenvalue weighted by Gasteiger charge is -2.27. The number of rotatable bonds is 13. The first kappa shape index (κ1) is 37.2. The van der Waals surface area contributed by atoms with Crippen molar-refractivity contribution < 1.29 is 13.2 Å². The van der Waals surface area contributed by atoms with Crippen LogP contribution in [0.15, 0.2) is 143 Å². The van der Waals surface area contributed by atoms with Gasteiger partial charge in [0.25, 0.3) is 0 Å². The monoisotopic (exact) mass is 733 g/mol. The van der Waals surface area contributed by atoms with Gasteiger partial charge < -0.3 is 9.30 Å². The van der Waals surface area contributed by atoms with Crippen molar-refractivity contribution in [2.45, 2.75) is 77.7 Å². The fourth-order valence-electron chi connectivity index (χ4n) is 7.97. The highest BCUT2D eigenvalue weighted by atomic mass is 32.2. The molecular weight excluding hydrogens is 683 g/mol. The molecule has 6 aromatic rings. The highest BCUT2D eigenvalue weighted by Gasteiger charge is 2.32. The first-order valence-corrected chi connectivity index (χ1v) is 21.0. The largest absolute Gasteiger partial charge is 0.494 e. The van der Waals surface area contributed by atoms with Crippen LogP contribution in [0.5, 0.6) is 5.75 Å². The minimum atomic E-state index is -3.92. The first-order valence-electron chi connectivity index (χ1n) is 19.5. The SMILES string of the molecule is C=C(/C=C/C1=C(S(=O)(=O)c2ccc(OCCCC)cc2)C(=C/C=c2\c3cccc4cccc(c43)n2CCCC)/C(C)CC1)c1cccc2cccc(C)c12. The molecular formula is C49H51NO3S. The zero-order valence-electron chi connectivity index (χ0n) is 32.1. The minimum absolute atomic E-state index is 0.0352. The molecule has 5 aromatic carbocycles. The van der Waals surface area contributed by atoms with Gasteiger partial charge in [-0.2, -0.15) is 0 Å². The van der Waals surface area contributed by atoms with Gasteiger partial charge in [-0.1, -0.05) is 125 Å². The van der Waals surface area contributed by atoms with Crippen molar-refractivity contribution >= 4 is 53.9 Å². The molecule has 1 aromatic heterocycles. The summed E-state index contributed by atoms with van der Waals surface area (Å²) >= 11 is 0. The summed E-state index contributed by atoms with van der Waals surface area (Å²) in [5.41, 5.74) is 5.94. The molecule has 0 amide bonds. The number of aryl methyl sites for hydroxylation is 2. The Kier molecular flexibility index (Phi) is 11.1. The van der Waals surface area contributed by atoms with Crippen LogP contribution in [0.1, 0.15) is 70.4 Å². The van der Waals surface area contributed by atoms with E-state index in [1.54, 1.807) is 24.3 Å². The van der Waals surface area contributed by atoms with Gasteiger partial charge in [-0.15, -0.1) is 0 Å². The van der Waals surface area contributed by atoms with E-state index >= 15 is 0 Å². The summed E-state index contributed by atoms with van der Waals surface area (Å²) in [5, 5.41) is 7.10. The summed E-state index contributed by atoms with van der Waals surface area (Å²) in [5.74, 6) is 0.714. The van der Waals surface area contributed by atoms with Crippen LogP contribution in [0.4, 0.5) is 0 Å². The number of nitrogens with zero attached hydrogens (tertiary/aromatic N) is 1. The fourth-order valence-corrected chi connectivity index (χ4v) is 9.80. The number of allylic oxidation sites excluding steroid dienone is 6. The predicted octanol–water partition coefficient (Wildman–Crippen LogP) is 12.1. The first-order chi connectivity index (χ1) is 26.2. The van der Waals surface area contributed by atoms with Crippen molar-refractivity contribution in [2.24, 2.45) is 5.92 Å². The summed E-state index contributed by atoms with van der Waals surface area (Å²) < 4.78 is 38.2. The van der Waals surface area contributed by atoms with Gasteiger partial charge in [0.1, 0.15) is 5.75 Å². The lowest BCUT2D eigenvalue weighted by atomic mass is 9.85. The minimum Gasteiger partial charge on any atom is -0.494 e. The molecule has 7 rings (SSSR count). The Labute approximate surface area is 320 Å². The van der Waals surface area contributed by atoms with Crippen LogP contribution in [-0.4, -0.2) is 19.6 Å². The lowest BCUT2D eigenvalue weighted by molar-refractivity contribution is 0.309. The molecule has 1 aliphatic carbocycles. The van der Waals surface area contributed by atoms with Crippen LogP contribution in [0.2, 0.25) is 0 Å². The standard InChI is InChI=1S/C49H51NO3S/c1-6-8-32-50-45(44-20-12-17-38-18-13-21-46(50)48(38)44)31-30-43-35(4)23-25-39(24-22-34(3)42-19-11-16-37-15-10-14-36(5)47(37)42)49(43)54(51,52)41-28-26-40(27-29-41)53-33-9-7-2/h10-22,24,26-31,35H,3,6-9,23,25,32-33H2,1-2,4-5H3/b24-22+,43-30+,45-31+. The van der Waals surface area contributed by atoms with Gasteiger partial charge in [-0.3, -0.25) is 0 Å². The van der Waals surface area contributed by atoms with Gasteiger partial charge in [0, 0.05) is 28.2 Å². The van der Waals surface area contributed by atoms with E-state index in [9.17, 15) is 8.42 Å². The van der Waals surface area contributed by atoms with E-state index in [0.29, 0.717) is 23.7 Å². The smallest absolute Gasteiger partial charge is 0.207 e. The summed E-state index contributed by atoms with van der Waals surface area (Å²) in [4.78, 5) is 0.662. The lowest BCUT2D eigenvalue weighted by Crippen LogP contribution is -2.19. The van der Waals surface area contributed by atoms with Crippen LogP contribution in [-0.2, 0) is 16.4 Å². The van der Waals surface area contributed by atoms with Gasteiger partial charge in [0.15, 0.2) is 0 Å². The van der Waals surface area contributed by atoms with E-state index in [1.807, 2.05) is 12.2 Å². The van der Waals surface area contributed by atoms with Crippen molar-refractivity contribution in [2.75, 3.05) is 6.61 Å². The van der Waals surface area contributed by atoms with E-state index in [-0.39, 0.29) is 10.8 Å². The highest BCUT2D eigenvalue weighted by molar-refractivity contribution is 7.95. The van der Waals surface area contributed by atoms with Crippen molar-refractivity contribution in [3.05, 3.63) is 154 Å². The highest BCUT2D eigenvalue weighted by Crippen LogP contribution is 2.41. The number of unbranched alkanes of at least 4 members (excludes halogenated alkanes) is 2. The van der Waals surface area contributed by atoms with E-state index in [4.69, 9.17) is 4.74 Å². The Morgan fingerprint density at radius 1 is 0.852 bits per heavy atom. The average molecular weight is 734 g/mol. The molecule has 1 unspecified atom stereocenters. The molecule has 0 aliphatic heterocycles. The number of hydrogen-bond donors (Lipinski definition) is 0. The molecule has 0 saturated carbocycles. The Balaban J connectivity index is 1.40. The summed E-state index contributed by atoms with van der Waals surface area (Å²) in [6.45, 7) is 14.6. The van der Waals surface area contributed by atoms with Crippen LogP contribution in [0.25, 0.3) is 44.1 Å². The summed E-state index contributed by atoms with van der Waals surface area (Å²) in [7, 11) is -3.92. The molecule has 1 heterocycles. The molecule has 4 nitrogen and oxygen atoms in total.